The molecule has 0 spiro atoms. The van der Waals surface area contributed by atoms with Crippen molar-refractivity contribution in [1.82, 2.24) is 10.2 Å². The van der Waals surface area contributed by atoms with E-state index < -0.39 is 11.6 Å². The van der Waals surface area contributed by atoms with Gasteiger partial charge in [-0.25, -0.2) is 0 Å². The summed E-state index contributed by atoms with van der Waals surface area (Å²) in [5, 5.41) is 2.72. The van der Waals surface area contributed by atoms with Gasteiger partial charge in [-0.1, -0.05) is 28.1 Å². The second-order valence-electron chi connectivity index (χ2n) is 5.84. The van der Waals surface area contributed by atoms with Crippen LogP contribution in [0.5, 0.6) is 0 Å². The number of nitrogens with two attached hydrogens (primary N) is 1. The molecule has 3 N–H and O–H groups in total. The van der Waals surface area contributed by atoms with Crippen molar-refractivity contribution in [3.8, 4) is 0 Å². The molecular weight excluding hydrogens is 362 g/mol. The van der Waals surface area contributed by atoms with Crippen LogP contribution in [0.1, 0.15) is 19.4 Å². The fourth-order valence-electron chi connectivity index (χ4n) is 2.39. The minimum atomic E-state index is -1.21. The summed E-state index contributed by atoms with van der Waals surface area (Å²) in [6.07, 6.45) is 0. The number of benzene rings is 1. The highest BCUT2D eigenvalue weighted by atomic mass is 79.9. The van der Waals surface area contributed by atoms with E-state index in [9.17, 15) is 9.59 Å². The molecule has 7 heteroatoms. The molecule has 2 unspecified atom stereocenters. The van der Waals surface area contributed by atoms with Crippen LogP contribution in [0.3, 0.4) is 0 Å². The van der Waals surface area contributed by atoms with E-state index in [1.165, 1.54) is 0 Å². The van der Waals surface area contributed by atoms with E-state index in [1.807, 2.05) is 12.1 Å². The predicted octanol–water partition coefficient (Wildman–Crippen LogP) is 0.986. The number of hydrogen-bond acceptors (Lipinski definition) is 4. The SMILES string of the molecule is CC(NC(=O)C(C)(N)c1ccc(Br)cc1)C(=O)N1CCOCC1. The van der Waals surface area contributed by atoms with E-state index in [-0.39, 0.29) is 11.8 Å². The van der Waals surface area contributed by atoms with Gasteiger partial charge in [0.25, 0.3) is 0 Å². The monoisotopic (exact) mass is 383 g/mol. The number of morpholine rings is 1. The molecule has 1 aliphatic rings. The Hall–Kier alpha value is -1.44. The summed E-state index contributed by atoms with van der Waals surface area (Å²) in [5.41, 5.74) is 5.66. The van der Waals surface area contributed by atoms with Crippen molar-refractivity contribution in [1.29, 1.82) is 0 Å². The molecule has 2 atom stereocenters. The van der Waals surface area contributed by atoms with Crippen LogP contribution in [-0.4, -0.2) is 49.1 Å². The van der Waals surface area contributed by atoms with Crippen molar-refractivity contribution >= 4 is 27.7 Å². The van der Waals surface area contributed by atoms with Crippen LogP contribution in [0.15, 0.2) is 28.7 Å². The van der Waals surface area contributed by atoms with E-state index in [2.05, 4.69) is 21.2 Å². The van der Waals surface area contributed by atoms with Crippen molar-refractivity contribution < 1.29 is 14.3 Å². The highest BCUT2D eigenvalue weighted by molar-refractivity contribution is 9.10. The zero-order valence-electron chi connectivity index (χ0n) is 13.3. The molecule has 0 aliphatic carbocycles. The zero-order chi connectivity index (χ0) is 17.0. The number of amides is 2. The number of carbonyl (C=O) groups excluding carboxylic acids is 2. The molecule has 2 amide bonds. The molecule has 1 heterocycles. The molecule has 0 aromatic heterocycles. The summed E-state index contributed by atoms with van der Waals surface area (Å²) in [6.45, 7) is 5.46. The molecule has 126 valence electrons. The summed E-state index contributed by atoms with van der Waals surface area (Å²) in [7, 11) is 0. The van der Waals surface area contributed by atoms with Gasteiger partial charge in [0.1, 0.15) is 11.6 Å². The van der Waals surface area contributed by atoms with Crippen molar-refractivity contribution in [2.24, 2.45) is 5.73 Å². The first kappa shape index (κ1) is 17.9. The molecule has 1 aliphatic heterocycles. The van der Waals surface area contributed by atoms with Gasteiger partial charge in [-0.05, 0) is 31.5 Å². The number of nitrogens with one attached hydrogen (secondary N) is 1. The number of rotatable bonds is 4. The lowest BCUT2D eigenvalue weighted by Gasteiger charge is -2.31. The van der Waals surface area contributed by atoms with Gasteiger partial charge in [-0.15, -0.1) is 0 Å². The molecular formula is C16H22BrN3O3. The fraction of sp³-hybridized carbons (Fsp3) is 0.500. The Morgan fingerprint density at radius 2 is 1.87 bits per heavy atom. The fourth-order valence-corrected chi connectivity index (χ4v) is 2.66. The van der Waals surface area contributed by atoms with Gasteiger partial charge in [0, 0.05) is 17.6 Å². The van der Waals surface area contributed by atoms with Gasteiger partial charge in [0.2, 0.25) is 11.8 Å². The number of nitrogens with zero attached hydrogens (tertiary/aromatic N) is 1. The highest BCUT2D eigenvalue weighted by Crippen LogP contribution is 2.21. The van der Waals surface area contributed by atoms with Gasteiger partial charge < -0.3 is 20.7 Å². The summed E-state index contributed by atoms with van der Waals surface area (Å²) in [5.74, 6) is -0.498. The third-order valence-corrected chi connectivity index (χ3v) is 4.49. The van der Waals surface area contributed by atoms with Gasteiger partial charge >= 0.3 is 0 Å². The molecule has 2 rings (SSSR count). The van der Waals surface area contributed by atoms with Crippen LogP contribution < -0.4 is 11.1 Å². The summed E-state index contributed by atoms with van der Waals surface area (Å²) < 4.78 is 6.14. The molecule has 0 radical (unpaired) electrons. The van der Waals surface area contributed by atoms with E-state index >= 15 is 0 Å². The Morgan fingerprint density at radius 3 is 2.43 bits per heavy atom. The molecule has 23 heavy (non-hydrogen) atoms. The van der Waals surface area contributed by atoms with Crippen LogP contribution >= 0.6 is 15.9 Å². The van der Waals surface area contributed by atoms with Gasteiger partial charge in [-0.2, -0.15) is 0 Å². The zero-order valence-corrected chi connectivity index (χ0v) is 14.9. The third-order valence-electron chi connectivity index (χ3n) is 3.96. The second kappa shape index (κ2) is 7.42. The maximum Gasteiger partial charge on any atom is 0.245 e. The first-order valence-corrected chi connectivity index (χ1v) is 8.34. The number of ether oxygens (including phenoxy) is 1. The largest absolute Gasteiger partial charge is 0.378 e. The Labute approximate surface area is 144 Å². The Bertz CT molecular complexity index is 568. The molecule has 6 nitrogen and oxygen atoms in total. The summed E-state index contributed by atoms with van der Waals surface area (Å²) in [4.78, 5) is 26.6. The molecule has 1 saturated heterocycles. The smallest absolute Gasteiger partial charge is 0.245 e. The van der Waals surface area contributed by atoms with Crippen molar-refractivity contribution in [2.45, 2.75) is 25.4 Å². The topological polar surface area (TPSA) is 84.7 Å². The van der Waals surface area contributed by atoms with Crippen molar-refractivity contribution in [3.63, 3.8) is 0 Å². The van der Waals surface area contributed by atoms with Crippen LogP contribution in [0.4, 0.5) is 0 Å². The average molecular weight is 384 g/mol. The number of halogens is 1. The summed E-state index contributed by atoms with van der Waals surface area (Å²) >= 11 is 3.35. The Balaban J connectivity index is 2.01. The first-order chi connectivity index (χ1) is 10.8. The van der Waals surface area contributed by atoms with E-state index in [0.29, 0.717) is 31.9 Å². The number of hydrogen-bond donors (Lipinski definition) is 2. The molecule has 1 aromatic carbocycles. The number of carbonyl (C=O) groups is 2. The molecule has 1 aromatic rings. The lowest BCUT2D eigenvalue weighted by Crippen LogP contribution is -2.56. The van der Waals surface area contributed by atoms with Crippen molar-refractivity contribution in [2.75, 3.05) is 26.3 Å². The van der Waals surface area contributed by atoms with Crippen LogP contribution in [0.25, 0.3) is 0 Å². The molecule has 0 bridgehead atoms. The Morgan fingerprint density at radius 1 is 1.30 bits per heavy atom. The van der Waals surface area contributed by atoms with E-state index in [0.717, 1.165) is 4.47 Å². The van der Waals surface area contributed by atoms with E-state index in [1.54, 1.807) is 30.9 Å². The lowest BCUT2D eigenvalue weighted by molar-refractivity contribution is -0.140. The highest BCUT2D eigenvalue weighted by Gasteiger charge is 2.33. The third kappa shape index (κ3) is 4.31. The first-order valence-electron chi connectivity index (χ1n) is 7.55. The van der Waals surface area contributed by atoms with Crippen LogP contribution in [-0.2, 0) is 19.9 Å². The standard InChI is InChI=1S/C16H22BrN3O3/c1-11(14(21)20-7-9-23-10-8-20)19-15(22)16(2,18)12-3-5-13(17)6-4-12/h3-6,11H,7-10,18H2,1-2H3,(H,19,22). The summed E-state index contributed by atoms with van der Waals surface area (Å²) in [6, 6.07) is 6.61. The average Bonchev–Trinajstić information content (AvgIpc) is 2.55. The van der Waals surface area contributed by atoms with E-state index in [4.69, 9.17) is 10.5 Å². The molecule has 0 saturated carbocycles. The quantitative estimate of drug-likeness (QED) is 0.811. The predicted molar refractivity (Wildman–Crippen MR) is 90.7 cm³/mol. The lowest BCUT2D eigenvalue weighted by atomic mass is 9.92. The minimum absolute atomic E-state index is 0.117. The maximum atomic E-state index is 12.5. The van der Waals surface area contributed by atoms with Crippen LogP contribution in [0, 0.1) is 0 Å². The normalized spacial score (nSPS) is 18.9. The van der Waals surface area contributed by atoms with Gasteiger partial charge in [0.15, 0.2) is 0 Å². The molecule has 1 fully saturated rings. The van der Waals surface area contributed by atoms with Crippen molar-refractivity contribution in [3.05, 3.63) is 34.3 Å². The second-order valence-corrected chi connectivity index (χ2v) is 6.76. The Kier molecular flexibility index (Phi) is 5.78. The van der Waals surface area contributed by atoms with Gasteiger partial charge in [0.05, 0.1) is 13.2 Å². The minimum Gasteiger partial charge on any atom is -0.378 e. The van der Waals surface area contributed by atoms with Crippen LogP contribution in [0.2, 0.25) is 0 Å². The maximum absolute atomic E-state index is 12.5. The van der Waals surface area contributed by atoms with Gasteiger partial charge in [-0.3, -0.25) is 9.59 Å².